The lowest BCUT2D eigenvalue weighted by Gasteiger charge is -2.22. The number of fused-ring (bicyclic) bond motifs is 3. The van der Waals surface area contributed by atoms with Crippen LogP contribution in [0.25, 0.3) is 10.9 Å². The number of rotatable bonds is 1. The molecule has 0 spiro atoms. The second-order valence-corrected chi connectivity index (χ2v) is 4.12. The van der Waals surface area contributed by atoms with E-state index >= 15 is 0 Å². The van der Waals surface area contributed by atoms with E-state index in [1.54, 1.807) is 6.07 Å². The number of aliphatic hydroxyl groups is 1. The molecule has 0 saturated heterocycles. The molecule has 1 atom stereocenters. The Bertz CT molecular complexity index is 535. The molecule has 0 fully saturated rings. The number of halogens is 1. The topological polar surface area (TPSA) is 48.0 Å². The number of hydrogen-bond donors (Lipinski definition) is 3. The molecule has 16 heavy (non-hydrogen) atoms. The van der Waals surface area contributed by atoms with Crippen molar-refractivity contribution in [1.29, 1.82) is 0 Å². The van der Waals surface area contributed by atoms with Crippen LogP contribution in [0.15, 0.2) is 18.2 Å². The first-order chi connectivity index (χ1) is 7.81. The SMILES string of the molecule is OCC1NCCc2c1[nH]c1cccc(F)c21. The van der Waals surface area contributed by atoms with Gasteiger partial charge in [0.15, 0.2) is 0 Å². The highest BCUT2D eigenvalue weighted by Crippen LogP contribution is 2.31. The molecule has 1 aromatic heterocycles. The molecule has 1 aliphatic heterocycles. The highest BCUT2D eigenvalue weighted by atomic mass is 19.1. The van der Waals surface area contributed by atoms with E-state index in [4.69, 9.17) is 0 Å². The van der Waals surface area contributed by atoms with Crippen LogP contribution in [-0.2, 0) is 6.42 Å². The molecule has 1 unspecified atom stereocenters. The van der Waals surface area contributed by atoms with Crippen molar-refractivity contribution in [3.05, 3.63) is 35.3 Å². The Morgan fingerprint density at radius 1 is 1.44 bits per heavy atom. The monoisotopic (exact) mass is 220 g/mol. The lowest BCUT2D eigenvalue weighted by molar-refractivity contribution is 0.238. The molecule has 3 rings (SSSR count). The summed E-state index contributed by atoms with van der Waals surface area (Å²) in [7, 11) is 0. The van der Waals surface area contributed by atoms with Crippen molar-refractivity contribution >= 4 is 10.9 Å². The lowest BCUT2D eigenvalue weighted by Crippen LogP contribution is -2.31. The summed E-state index contributed by atoms with van der Waals surface area (Å²) in [6.07, 6.45) is 0.798. The van der Waals surface area contributed by atoms with E-state index in [1.807, 2.05) is 6.07 Å². The summed E-state index contributed by atoms with van der Waals surface area (Å²) in [5.41, 5.74) is 2.74. The Balaban J connectivity index is 2.29. The van der Waals surface area contributed by atoms with Gasteiger partial charge < -0.3 is 15.4 Å². The van der Waals surface area contributed by atoms with Gasteiger partial charge in [0.05, 0.1) is 12.6 Å². The van der Waals surface area contributed by atoms with E-state index in [1.165, 1.54) is 6.07 Å². The maximum atomic E-state index is 13.7. The molecule has 0 radical (unpaired) electrons. The highest BCUT2D eigenvalue weighted by molar-refractivity contribution is 5.85. The average Bonchev–Trinajstić information content (AvgIpc) is 2.68. The minimum absolute atomic E-state index is 0.0292. The zero-order valence-corrected chi connectivity index (χ0v) is 8.76. The van der Waals surface area contributed by atoms with Gasteiger partial charge in [0.1, 0.15) is 5.82 Å². The fraction of sp³-hybridized carbons (Fsp3) is 0.333. The van der Waals surface area contributed by atoms with E-state index in [9.17, 15) is 9.50 Å². The predicted molar refractivity (Wildman–Crippen MR) is 59.8 cm³/mol. The van der Waals surface area contributed by atoms with Crippen molar-refractivity contribution < 1.29 is 9.50 Å². The number of aromatic nitrogens is 1. The molecule has 4 heteroatoms. The first-order valence-electron chi connectivity index (χ1n) is 5.44. The summed E-state index contributed by atoms with van der Waals surface area (Å²) in [6, 6.07) is 4.94. The Labute approximate surface area is 92.3 Å². The van der Waals surface area contributed by atoms with Crippen LogP contribution in [0.3, 0.4) is 0 Å². The maximum absolute atomic E-state index is 13.7. The van der Waals surface area contributed by atoms with Gasteiger partial charge in [-0.1, -0.05) is 6.07 Å². The number of nitrogens with one attached hydrogen (secondary N) is 2. The van der Waals surface area contributed by atoms with E-state index in [0.29, 0.717) is 5.39 Å². The zero-order chi connectivity index (χ0) is 11.1. The van der Waals surface area contributed by atoms with Gasteiger partial charge in [-0.3, -0.25) is 0 Å². The molecule has 84 valence electrons. The van der Waals surface area contributed by atoms with E-state index < -0.39 is 0 Å². The van der Waals surface area contributed by atoms with Crippen molar-refractivity contribution in [2.75, 3.05) is 13.2 Å². The summed E-state index contributed by atoms with van der Waals surface area (Å²) < 4.78 is 13.7. The van der Waals surface area contributed by atoms with E-state index in [2.05, 4.69) is 10.3 Å². The van der Waals surface area contributed by atoms with Crippen molar-refractivity contribution in [3.8, 4) is 0 Å². The largest absolute Gasteiger partial charge is 0.394 e. The van der Waals surface area contributed by atoms with E-state index in [0.717, 1.165) is 29.7 Å². The standard InChI is InChI=1S/C12H13FN2O/c13-8-2-1-3-9-11(8)7-4-5-14-10(6-16)12(7)15-9/h1-3,10,14-16H,4-6H2. The van der Waals surface area contributed by atoms with Crippen molar-refractivity contribution in [2.24, 2.45) is 0 Å². The molecule has 0 bridgehead atoms. The highest BCUT2D eigenvalue weighted by Gasteiger charge is 2.24. The van der Waals surface area contributed by atoms with Crippen molar-refractivity contribution in [1.82, 2.24) is 10.3 Å². The summed E-state index contributed by atoms with van der Waals surface area (Å²) in [5, 5.41) is 13.1. The Kier molecular flexibility index (Phi) is 2.19. The number of H-pyrrole nitrogens is 1. The van der Waals surface area contributed by atoms with Gasteiger partial charge in [-0.15, -0.1) is 0 Å². The second kappa shape index (κ2) is 3.57. The van der Waals surface area contributed by atoms with Gasteiger partial charge >= 0.3 is 0 Å². The Morgan fingerprint density at radius 3 is 3.12 bits per heavy atom. The number of aliphatic hydroxyl groups excluding tert-OH is 1. The third kappa shape index (κ3) is 1.27. The van der Waals surface area contributed by atoms with Crippen LogP contribution in [0.4, 0.5) is 4.39 Å². The molecular formula is C12H13FN2O. The minimum atomic E-state index is -0.186. The first kappa shape index (κ1) is 9.81. The van der Waals surface area contributed by atoms with Gasteiger partial charge in [-0.25, -0.2) is 4.39 Å². The molecule has 0 saturated carbocycles. The summed E-state index contributed by atoms with van der Waals surface area (Å²) in [4.78, 5) is 3.20. The number of benzene rings is 1. The van der Waals surface area contributed by atoms with Gasteiger partial charge in [-0.2, -0.15) is 0 Å². The van der Waals surface area contributed by atoms with Crippen LogP contribution in [0, 0.1) is 5.82 Å². The molecule has 3 nitrogen and oxygen atoms in total. The third-order valence-corrected chi connectivity index (χ3v) is 3.21. The quantitative estimate of drug-likeness (QED) is 0.682. The number of aromatic amines is 1. The maximum Gasteiger partial charge on any atom is 0.132 e. The zero-order valence-electron chi connectivity index (χ0n) is 8.76. The molecule has 1 aliphatic rings. The fourth-order valence-electron chi connectivity index (χ4n) is 2.48. The van der Waals surface area contributed by atoms with Crippen LogP contribution in [-0.4, -0.2) is 23.2 Å². The lowest BCUT2D eigenvalue weighted by atomic mass is 9.99. The molecule has 1 aromatic carbocycles. The molecule has 3 N–H and O–H groups in total. The molecule has 0 amide bonds. The molecule has 2 heterocycles. The Hall–Kier alpha value is -1.39. The molecule has 2 aromatic rings. The van der Waals surface area contributed by atoms with Crippen LogP contribution >= 0.6 is 0 Å². The van der Waals surface area contributed by atoms with Crippen LogP contribution < -0.4 is 5.32 Å². The first-order valence-corrected chi connectivity index (χ1v) is 5.44. The van der Waals surface area contributed by atoms with Gasteiger partial charge in [-0.05, 0) is 30.7 Å². The molecule has 0 aliphatic carbocycles. The summed E-state index contributed by atoms with van der Waals surface area (Å²) in [5.74, 6) is -0.186. The minimum Gasteiger partial charge on any atom is -0.394 e. The van der Waals surface area contributed by atoms with Gasteiger partial charge in [0.2, 0.25) is 0 Å². The van der Waals surface area contributed by atoms with E-state index in [-0.39, 0.29) is 18.5 Å². The predicted octanol–water partition coefficient (Wildman–Crippen LogP) is 1.49. The summed E-state index contributed by atoms with van der Waals surface area (Å²) >= 11 is 0. The number of hydrogen-bond acceptors (Lipinski definition) is 2. The molecular weight excluding hydrogens is 207 g/mol. The van der Waals surface area contributed by atoms with Crippen molar-refractivity contribution in [3.63, 3.8) is 0 Å². The van der Waals surface area contributed by atoms with Gasteiger partial charge in [0.25, 0.3) is 0 Å². The van der Waals surface area contributed by atoms with Crippen LogP contribution in [0.2, 0.25) is 0 Å². The normalized spacial score (nSPS) is 20.0. The fourth-order valence-corrected chi connectivity index (χ4v) is 2.48. The average molecular weight is 220 g/mol. The third-order valence-electron chi connectivity index (χ3n) is 3.21. The van der Waals surface area contributed by atoms with Crippen molar-refractivity contribution in [2.45, 2.75) is 12.5 Å². The second-order valence-electron chi connectivity index (χ2n) is 4.12. The Morgan fingerprint density at radius 2 is 2.31 bits per heavy atom. The summed E-state index contributed by atoms with van der Waals surface area (Å²) in [6.45, 7) is 0.807. The van der Waals surface area contributed by atoms with Crippen LogP contribution in [0.1, 0.15) is 17.3 Å². The van der Waals surface area contributed by atoms with Crippen LogP contribution in [0.5, 0.6) is 0 Å². The smallest absolute Gasteiger partial charge is 0.132 e. The van der Waals surface area contributed by atoms with Gasteiger partial charge in [0, 0.05) is 16.6 Å².